The number of ether oxygens (including phenoxy) is 1. The molecule has 27 heavy (non-hydrogen) atoms. The zero-order valence-corrected chi connectivity index (χ0v) is 15.8. The van der Waals surface area contributed by atoms with E-state index in [9.17, 15) is 18.0 Å². The molecule has 144 valence electrons. The summed E-state index contributed by atoms with van der Waals surface area (Å²) in [5.74, 6) is -1.35. The van der Waals surface area contributed by atoms with Crippen molar-refractivity contribution in [3.8, 4) is 0 Å². The van der Waals surface area contributed by atoms with Crippen LogP contribution < -0.4 is 5.32 Å². The minimum Gasteiger partial charge on any atom is -0.467 e. The maximum absolute atomic E-state index is 12.6. The molecule has 2 aromatic carbocycles. The summed E-state index contributed by atoms with van der Waals surface area (Å²) in [5.41, 5.74) is 1.17. The maximum atomic E-state index is 12.6. The van der Waals surface area contributed by atoms with Crippen LogP contribution in [0.2, 0.25) is 0 Å². The van der Waals surface area contributed by atoms with Crippen LogP contribution in [0.25, 0.3) is 0 Å². The molecule has 1 amide bonds. The first-order valence-electron chi connectivity index (χ1n) is 8.16. The molecule has 0 radical (unpaired) electrons. The molecule has 0 aliphatic heterocycles. The largest absolute Gasteiger partial charge is 0.467 e. The summed E-state index contributed by atoms with van der Waals surface area (Å²) in [6.07, 6.45) is -0.506. The SMILES string of the molecule is COC(=O)[C@H](OS(C)(=O)=O)[C@H](Cc1ccccc1)NC(=O)c1ccccc1. The van der Waals surface area contributed by atoms with Crippen LogP contribution in [0.3, 0.4) is 0 Å². The minimum absolute atomic E-state index is 0.175. The lowest BCUT2D eigenvalue weighted by molar-refractivity contribution is -0.149. The van der Waals surface area contributed by atoms with Gasteiger partial charge in [0.25, 0.3) is 16.0 Å². The lowest BCUT2D eigenvalue weighted by Crippen LogP contribution is -2.50. The van der Waals surface area contributed by atoms with Crippen LogP contribution in [0.15, 0.2) is 60.7 Å². The minimum atomic E-state index is -3.97. The van der Waals surface area contributed by atoms with Crippen LogP contribution in [0.1, 0.15) is 15.9 Å². The predicted octanol–water partition coefficient (Wildman–Crippen LogP) is 1.55. The molecule has 8 heteroatoms. The number of amides is 1. The van der Waals surface area contributed by atoms with E-state index in [1.807, 2.05) is 6.07 Å². The second-order valence-electron chi connectivity index (χ2n) is 5.88. The molecule has 2 rings (SSSR count). The number of hydrogen-bond donors (Lipinski definition) is 1. The van der Waals surface area contributed by atoms with Crippen molar-refractivity contribution in [3.05, 3.63) is 71.8 Å². The highest BCUT2D eigenvalue weighted by molar-refractivity contribution is 7.86. The third-order valence-corrected chi connectivity index (χ3v) is 4.29. The molecule has 2 aromatic rings. The van der Waals surface area contributed by atoms with Gasteiger partial charge in [-0.2, -0.15) is 8.42 Å². The first kappa shape index (κ1) is 20.6. The Hall–Kier alpha value is -2.71. The van der Waals surface area contributed by atoms with Crippen molar-refractivity contribution in [2.45, 2.75) is 18.6 Å². The molecule has 0 spiro atoms. The van der Waals surface area contributed by atoms with Gasteiger partial charge in [-0.05, 0) is 24.1 Å². The summed E-state index contributed by atoms with van der Waals surface area (Å²) in [4.78, 5) is 24.7. The van der Waals surface area contributed by atoms with Gasteiger partial charge in [0.2, 0.25) is 0 Å². The molecule has 0 unspecified atom stereocenters. The van der Waals surface area contributed by atoms with E-state index in [1.54, 1.807) is 54.6 Å². The third kappa shape index (κ3) is 6.50. The number of carbonyl (C=O) groups is 2. The highest BCUT2D eigenvalue weighted by Gasteiger charge is 2.35. The van der Waals surface area contributed by atoms with E-state index in [-0.39, 0.29) is 6.42 Å². The van der Waals surface area contributed by atoms with Gasteiger partial charge >= 0.3 is 5.97 Å². The lowest BCUT2D eigenvalue weighted by atomic mass is 10.0. The highest BCUT2D eigenvalue weighted by atomic mass is 32.2. The van der Waals surface area contributed by atoms with Crippen LogP contribution >= 0.6 is 0 Å². The van der Waals surface area contributed by atoms with Gasteiger partial charge in [-0.15, -0.1) is 0 Å². The molecule has 2 atom stereocenters. The molecule has 0 fully saturated rings. The van der Waals surface area contributed by atoms with E-state index in [2.05, 4.69) is 10.1 Å². The monoisotopic (exact) mass is 391 g/mol. The number of benzene rings is 2. The molecule has 0 saturated heterocycles. The van der Waals surface area contributed by atoms with E-state index >= 15 is 0 Å². The standard InChI is InChI=1S/C19H21NO6S/c1-25-19(22)17(26-27(2,23)24)16(13-14-9-5-3-6-10-14)20-18(21)15-11-7-4-8-12-15/h3-12,16-17H,13H2,1-2H3,(H,20,21)/t16-,17+/m0/s1. The quantitative estimate of drug-likeness (QED) is 0.541. The van der Waals surface area contributed by atoms with E-state index in [0.717, 1.165) is 18.9 Å². The van der Waals surface area contributed by atoms with Crippen LogP contribution in [0.5, 0.6) is 0 Å². The van der Waals surface area contributed by atoms with Gasteiger partial charge in [0.05, 0.1) is 19.4 Å². The molecule has 1 N–H and O–H groups in total. The van der Waals surface area contributed by atoms with Gasteiger partial charge in [-0.1, -0.05) is 48.5 Å². The number of hydrogen-bond acceptors (Lipinski definition) is 6. The Morgan fingerprint density at radius 1 is 1.00 bits per heavy atom. The van der Waals surface area contributed by atoms with Crippen molar-refractivity contribution in [1.29, 1.82) is 0 Å². The molecular formula is C19H21NO6S. The van der Waals surface area contributed by atoms with Crippen LogP contribution in [0, 0.1) is 0 Å². The number of methoxy groups -OCH3 is 1. The second kappa shape index (κ2) is 9.29. The first-order valence-corrected chi connectivity index (χ1v) is 9.97. The highest BCUT2D eigenvalue weighted by Crippen LogP contribution is 2.13. The molecule has 0 bridgehead atoms. The number of nitrogens with one attached hydrogen (secondary N) is 1. The zero-order chi connectivity index (χ0) is 19.9. The molecule has 0 aromatic heterocycles. The lowest BCUT2D eigenvalue weighted by Gasteiger charge is -2.25. The molecule has 0 aliphatic carbocycles. The van der Waals surface area contributed by atoms with Gasteiger partial charge in [0.1, 0.15) is 0 Å². The fourth-order valence-corrected chi connectivity index (χ4v) is 3.11. The van der Waals surface area contributed by atoms with Gasteiger partial charge in [0, 0.05) is 5.56 Å². The normalized spacial score (nSPS) is 13.4. The Morgan fingerprint density at radius 3 is 2.07 bits per heavy atom. The molecular weight excluding hydrogens is 370 g/mol. The fourth-order valence-electron chi connectivity index (χ4n) is 2.52. The molecule has 7 nitrogen and oxygen atoms in total. The van der Waals surface area contributed by atoms with Crippen molar-refractivity contribution in [2.75, 3.05) is 13.4 Å². The predicted molar refractivity (Wildman–Crippen MR) is 99.6 cm³/mol. The fraction of sp³-hybridized carbons (Fsp3) is 0.263. The summed E-state index contributed by atoms with van der Waals surface area (Å²) in [7, 11) is -2.84. The summed E-state index contributed by atoms with van der Waals surface area (Å²) < 4.78 is 32.9. The van der Waals surface area contributed by atoms with Crippen LogP contribution in [-0.4, -0.2) is 45.8 Å². The average molecular weight is 391 g/mol. The van der Waals surface area contributed by atoms with Crippen molar-refractivity contribution in [2.24, 2.45) is 0 Å². The molecule has 0 saturated carbocycles. The van der Waals surface area contributed by atoms with E-state index in [4.69, 9.17) is 4.18 Å². The Bertz CT molecular complexity index is 868. The summed E-state index contributed by atoms with van der Waals surface area (Å²) >= 11 is 0. The summed E-state index contributed by atoms with van der Waals surface area (Å²) in [6.45, 7) is 0. The number of rotatable bonds is 8. The molecule has 0 heterocycles. The van der Waals surface area contributed by atoms with Gasteiger partial charge in [-0.25, -0.2) is 4.79 Å². The number of esters is 1. The first-order chi connectivity index (χ1) is 12.8. The van der Waals surface area contributed by atoms with Gasteiger partial charge in [-0.3, -0.25) is 8.98 Å². The Morgan fingerprint density at radius 2 is 1.56 bits per heavy atom. The van der Waals surface area contributed by atoms with Gasteiger partial charge in [0.15, 0.2) is 6.10 Å². The van der Waals surface area contributed by atoms with Crippen molar-refractivity contribution in [3.63, 3.8) is 0 Å². The van der Waals surface area contributed by atoms with Crippen molar-refractivity contribution < 1.29 is 26.9 Å². The average Bonchev–Trinajstić information content (AvgIpc) is 2.66. The van der Waals surface area contributed by atoms with Crippen LogP contribution in [0.4, 0.5) is 0 Å². The summed E-state index contributed by atoms with van der Waals surface area (Å²) in [6, 6.07) is 16.5. The van der Waals surface area contributed by atoms with E-state index < -0.39 is 34.1 Å². The van der Waals surface area contributed by atoms with E-state index in [1.165, 1.54) is 0 Å². The number of carbonyl (C=O) groups excluding carboxylic acids is 2. The summed E-state index contributed by atoms with van der Waals surface area (Å²) in [5, 5.41) is 2.69. The second-order valence-corrected chi connectivity index (χ2v) is 7.48. The van der Waals surface area contributed by atoms with Crippen molar-refractivity contribution in [1.82, 2.24) is 5.32 Å². The topological polar surface area (TPSA) is 98.8 Å². The Kier molecular flexibility index (Phi) is 7.09. The molecule has 0 aliphatic rings. The van der Waals surface area contributed by atoms with E-state index in [0.29, 0.717) is 5.56 Å². The smallest absolute Gasteiger partial charge is 0.338 e. The Balaban J connectivity index is 2.34. The maximum Gasteiger partial charge on any atom is 0.338 e. The zero-order valence-electron chi connectivity index (χ0n) is 15.0. The van der Waals surface area contributed by atoms with Gasteiger partial charge < -0.3 is 10.1 Å². The Labute approximate surface area is 158 Å². The third-order valence-electron chi connectivity index (χ3n) is 3.73. The van der Waals surface area contributed by atoms with Crippen molar-refractivity contribution >= 4 is 22.0 Å². The van der Waals surface area contributed by atoms with Crippen LogP contribution in [-0.2, 0) is 30.3 Å².